The molecule has 0 saturated heterocycles. The SMILES string of the molecule is Cc1ccc(C#CCO)cc1C(=O)NC(C)C(C)(C)C. The van der Waals surface area contributed by atoms with Crippen molar-refractivity contribution in [2.75, 3.05) is 6.61 Å². The van der Waals surface area contributed by atoms with Crippen LogP contribution in [0.3, 0.4) is 0 Å². The number of aliphatic hydroxyl groups is 1. The summed E-state index contributed by atoms with van der Waals surface area (Å²) >= 11 is 0. The van der Waals surface area contributed by atoms with Gasteiger partial charge < -0.3 is 10.4 Å². The van der Waals surface area contributed by atoms with Crippen LogP contribution in [0.2, 0.25) is 0 Å². The summed E-state index contributed by atoms with van der Waals surface area (Å²) in [6, 6.07) is 5.56. The van der Waals surface area contributed by atoms with Crippen molar-refractivity contribution < 1.29 is 9.90 Å². The van der Waals surface area contributed by atoms with Gasteiger partial charge in [0, 0.05) is 17.2 Å². The maximum absolute atomic E-state index is 12.3. The Hall–Kier alpha value is -1.79. The average molecular weight is 273 g/mol. The highest BCUT2D eigenvalue weighted by Crippen LogP contribution is 2.19. The molecule has 0 spiro atoms. The zero-order chi connectivity index (χ0) is 15.3. The zero-order valence-electron chi connectivity index (χ0n) is 12.9. The first kappa shape index (κ1) is 16.3. The predicted molar refractivity (Wildman–Crippen MR) is 81.5 cm³/mol. The van der Waals surface area contributed by atoms with E-state index in [2.05, 4.69) is 37.9 Å². The van der Waals surface area contributed by atoms with Crippen LogP contribution in [0.5, 0.6) is 0 Å². The summed E-state index contributed by atoms with van der Waals surface area (Å²) in [4.78, 5) is 12.3. The first-order valence-corrected chi connectivity index (χ1v) is 6.77. The molecule has 2 N–H and O–H groups in total. The van der Waals surface area contributed by atoms with Crippen molar-refractivity contribution in [2.45, 2.75) is 40.7 Å². The van der Waals surface area contributed by atoms with Crippen molar-refractivity contribution in [2.24, 2.45) is 5.41 Å². The quantitative estimate of drug-likeness (QED) is 0.813. The minimum atomic E-state index is -0.184. The number of hydrogen-bond donors (Lipinski definition) is 2. The van der Waals surface area contributed by atoms with E-state index in [0.29, 0.717) is 5.56 Å². The van der Waals surface area contributed by atoms with Gasteiger partial charge >= 0.3 is 0 Å². The van der Waals surface area contributed by atoms with Crippen LogP contribution in [0.15, 0.2) is 18.2 Å². The summed E-state index contributed by atoms with van der Waals surface area (Å²) < 4.78 is 0. The van der Waals surface area contributed by atoms with Crippen molar-refractivity contribution >= 4 is 5.91 Å². The fourth-order valence-electron chi connectivity index (χ4n) is 1.58. The van der Waals surface area contributed by atoms with E-state index in [-0.39, 0.29) is 24.0 Å². The standard InChI is InChI=1S/C17H23NO2/c1-12-8-9-14(7-6-10-19)11-15(12)16(20)18-13(2)17(3,4)5/h8-9,11,13,19H,10H2,1-5H3,(H,18,20). The molecule has 0 aliphatic rings. The van der Waals surface area contributed by atoms with E-state index in [0.717, 1.165) is 11.1 Å². The molecule has 0 bridgehead atoms. The Balaban J connectivity index is 2.98. The molecule has 20 heavy (non-hydrogen) atoms. The van der Waals surface area contributed by atoms with Crippen LogP contribution in [0, 0.1) is 24.2 Å². The third-order valence-electron chi connectivity index (χ3n) is 3.44. The van der Waals surface area contributed by atoms with Gasteiger partial charge in [0.2, 0.25) is 0 Å². The summed E-state index contributed by atoms with van der Waals surface area (Å²) in [6.07, 6.45) is 0. The van der Waals surface area contributed by atoms with Gasteiger partial charge in [0.25, 0.3) is 5.91 Å². The van der Waals surface area contributed by atoms with Gasteiger partial charge in [-0.2, -0.15) is 0 Å². The van der Waals surface area contributed by atoms with Crippen molar-refractivity contribution in [3.05, 3.63) is 34.9 Å². The van der Waals surface area contributed by atoms with E-state index in [4.69, 9.17) is 5.11 Å². The van der Waals surface area contributed by atoms with Crippen LogP contribution in [0.1, 0.15) is 49.2 Å². The molecule has 0 heterocycles. The summed E-state index contributed by atoms with van der Waals surface area (Å²) in [5.41, 5.74) is 2.29. The fourth-order valence-corrected chi connectivity index (χ4v) is 1.58. The second-order valence-corrected chi connectivity index (χ2v) is 6.05. The number of amides is 1. The molecular weight excluding hydrogens is 250 g/mol. The molecule has 108 valence electrons. The van der Waals surface area contributed by atoms with Gasteiger partial charge in [0.05, 0.1) is 0 Å². The van der Waals surface area contributed by atoms with Gasteiger partial charge in [-0.15, -0.1) is 0 Å². The maximum Gasteiger partial charge on any atom is 0.251 e. The molecule has 3 heteroatoms. The van der Waals surface area contributed by atoms with E-state index >= 15 is 0 Å². The highest BCUT2D eigenvalue weighted by molar-refractivity contribution is 5.96. The number of carbonyl (C=O) groups is 1. The fraction of sp³-hybridized carbons (Fsp3) is 0.471. The summed E-state index contributed by atoms with van der Waals surface area (Å²) in [5.74, 6) is 5.32. The van der Waals surface area contributed by atoms with Gasteiger partial charge in [0.15, 0.2) is 0 Å². The van der Waals surface area contributed by atoms with E-state index in [1.165, 1.54) is 0 Å². The first-order chi connectivity index (χ1) is 9.25. The second kappa shape index (κ2) is 6.58. The molecular formula is C17H23NO2. The number of carbonyl (C=O) groups excluding carboxylic acids is 1. The van der Waals surface area contributed by atoms with E-state index in [1.54, 1.807) is 6.07 Å². The summed E-state index contributed by atoms with van der Waals surface area (Å²) in [7, 11) is 0. The van der Waals surface area contributed by atoms with Crippen LogP contribution >= 0.6 is 0 Å². The Morgan fingerprint density at radius 3 is 2.60 bits per heavy atom. The third-order valence-corrected chi connectivity index (χ3v) is 3.44. The van der Waals surface area contributed by atoms with Crippen molar-refractivity contribution in [1.29, 1.82) is 0 Å². The molecule has 1 rings (SSSR count). The smallest absolute Gasteiger partial charge is 0.251 e. The lowest BCUT2D eigenvalue weighted by Crippen LogP contribution is -2.41. The van der Waals surface area contributed by atoms with Gasteiger partial charge in [0.1, 0.15) is 6.61 Å². The highest BCUT2D eigenvalue weighted by atomic mass is 16.2. The zero-order valence-corrected chi connectivity index (χ0v) is 12.9. The molecule has 0 saturated carbocycles. The normalized spacial score (nSPS) is 12.3. The molecule has 1 atom stereocenters. The number of benzene rings is 1. The molecule has 1 aromatic rings. The Labute approximate surface area is 121 Å². The van der Waals surface area contributed by atoms with Crippen LogP contribution in [-0.2, 0) is 0 Å². The molecule has 0 aliphatic carbocycles. The number of nitrogens with one attached hydrogen (secondary N) is 1. The number of rotatable bonds is 2. The Kier molecular flexibility index (Phi) is 5.35. The monoisotopic (exact) mass is 273 g/mol. The molecule has 3 nitrogen and oxygen atoms in total. The second-order valence-electron chi connectivity index (χ2n) is 6.05. The molecule has 0 aliphatic heterocycles. The Bertz CT molecular complexity index is 544. The maximum atomic E-state index is 12.3. The minimum absolute atomic E-state index is 0.0118. The topological polar surface area (TPSA) is 49.3 Å². The van der Waals surface area contributed by atoms with E-state index in [9.17, 15) is 4.79 Å². The molecule has 0 aromatic heterocycles. The number of hydrogen-bond acceptors (Lipinski definition) is 2. The average Bonchev–Trinajstić information content (AvgIpc) is 2.36. The van der Waals surface area contributed by atoms with Gasteiger partial charge in [-0.3, -0.25) is 4.79 Å². The summed E-state index contributed by atoms with van der Waals surface area (Å²) in [6.45, 7) is 9.99. The van der Waals surface area contributed by atoms with Gasteiger partial charge in [-0.25, -0.2) is 0 Å². The van der Waals surface area contributed by atoms with E-state index in [1.807, 2.05) is 26.0 Å². The van der Waals surface area contributed by atoms with Crippen molar-refractivity contribution in [3.63, 3.8) is 0 Å². The molecule has 1 unspecified atom stereocenters. The lowest BCUT2D eigenvalue weighted by molar-refractivity contribution is 0.0909. The number of aryl methyl sites for hydroxylation is 1. The molecule has 0 fully saturated rings. The van der Waals surface area contributed by atoms with Crippen molar-refractivity contribution in [1.82, 2.24) is 5.32 Å². The largest absolute Gasteiger partial charge is 0.384 e. The lowest BCUT2D eigenvalue weighted by Gasteiger charge is -2.28. The first-order valence-electron chi connectivity index (χ1n) is 6.77. The highest BCUT2D eigenvalue weighted by Gasteiger charge is 2.22. The summed E-state index contributed by atoms with van der Waals surface area (Å²) in [5, 5.41) is 11.7. The van der Waals surface area contributed by atoms with E-state index < -0.39 is 0 Å². The lowest BCUT2D eigenvalue weighted by atomic mass is 9.88. The Morgan fingerprint density at radius 2 is 2.05 bits per heavy atom. The van der Waals surface area contributed by atoms with Crippen LogP contribution < -0.4 is 5.32 Å². The van der Waals surface area contributed by atoms with Crippen LogP contribution in [-0.4, -0.2) is 23.7 Å². The molecule has 0 radical (unpaired) electrons. The molecule has 1 amide bonds. The number of aliphatic hydroxyl groups excluding tert-OH is 1. The molecule has 1 aromatic carbocycles. The van der Waals surface area contributed by atoms with Crippen LogP contribution in [0.25, 0.3) is 0 Å². The minimum Gasteiger partial charge on any atom is -0.384 e. The Morgan fingerprint density at radius 1 is 1.40 bits per heavy atom. The third kappa shape index (κ3) is 4.40. The van der Waals surface area contributed by atoms with Gasteiger partial charge in [-0.05, 0) is 37.0 Å². The van der Waals surface area contributed by atoms with Crippen molar-refractivity contribution in [3.8, 4) is 11.8 Å². The predicted octanol–water partition coefficient (Wildman–Crippen LogP) is 2.50. The van der Waals surface area contributed by atoms with Crippen LogP contribution in [0.4, 0.5) is 0 Å². The van der Waals surface area contributed by atoms with Gasteiger partial charge in [-0.1, -0.05) is 38.7 Å².